The van der Waals surface area contributed by atoms with Crippen molar-refractivity contribution in [2.45, 2.75) is 44.9 Å². The number of imidazole rings is 1. The molecule has 0 radical (unpaired) electrons. The summed E-state index contributed by atoms with van der Waals surface area (Å²) in [4.78, 5) is 30.5. The van der Waals surface area contributed by atoms with Crippen LogP contribution in [0.3, 0.4) is 0 Å². The van der Waals surface area contributed by atoms with E-state index in [1.165, 1.54) is 17.2 Å². The first-order valence-electron chi connectivity index (χ1n) is 9.97. The molecular weight excluding hydrogens is 457 g/mol. The molecule has 1 aromatic carbocycles. The lowest BCUT2D eigenvalue weighted by Gasteiger charge is -2.17. The van der Waals surface area contributed by atoms with Gasteiger partial charge in [0.2, 0.25) is 0 Å². The molecule has 0 unspecified atom stereocenters. The molecule has 4 atom stereocenters. The van der Waals surface area contributed by atoms with E-state index in [9.17, 15) is 19.9 Å². The van der Waals surface area contributed by atoms with Crippen molar-refractivity contribution < 1.29 is 38.9 Å². The minimum absolute atomic E-state index is 0.193. The lowest BCUT2D eigenvalue weighted by molar-refractivity contribution is -0.0504. The number of aromatic nitrogens is 4. The number of aliphatic hydroxyl groups is 2. The number of benzene rings is 1. The summed E-state index contributed by atoms with van der Waals surface area (Å²) in [6.45, 7) is 3.59. The van der Waals surface area contributed by atoms with Crippen molar-refractivity contribution in [3.63, 3.8) is 0 Å². The lowest BCUT2D eigenvalue weighted by Crippen LogP contribution is -2.33. The zero-order valence-corrected chi connectivity index (χ0v) is 18.6. The third kappa shape index (κ3) is 4.84. The quantitative estimate of drug-likeness (QED) is 0.256. The molecule has 1 aliphatic rings. The fourth-order valence-corrected chi connectivity index (χ4v) is 4.20. The van der Waals surface area contributed by atoms with Crippen molar-refractivity contribution >= 4 is 24.8 Å². The Balaban J connectivity index is 1.56. The van der Waals surface area contributed by atoms with Crippen LogP contribution in [0.15, 0.2) is 24.8 Å². The molecule has 0 bridgehead atoms. The average Bonchev–Trinajstić information content (AvgIpc) is 3.27. The topological polar surface area (TPSA) is 192 Å². The van der Waals surface area contributed by atoms with Crippen molar-refractivity contribution in [1.82, 2.24) is 19.5 Å². The summed E-state index contributed by atoms with van der Waals surface area (Å²) in [7, 11) is -4.77. The molecule has 14 heteroatoms. The van der Waals surface area contributed by atoms with Gasteiger partial charge in [-0.25, -0.2) is 19.5 Å². The number of hydrogen-bond donors (Lipinski definition) is 6. The van der Waals surface area contributed by atoms with Crippen LogP contribution in [-0.2, 0) is 20.4 Å². The van der Waals surface area contributed by atoms with Crippen LogP contribution in [0.5, 0.6) is 5.75 Å². The van der Waals surface area contributed by atoms with Gasteiger partial charge in [-0.1, -0.05) is 0 Å². The van der Waals surface area contributed by atoms with E-state index in [2.05, 4.69) is 24.8 Å². The molecule has 1 saturated heterocycles. The molecule has 33 heavy (non-hydrogen) atoms. The first-order valence-corrected chi connectivity index (χ1v) is 11.5. The highest BCUT2D eigenvalue weighted by molar-refractivity contribution is 7.46. The number of ether oxygens (including phenoxy) is 1. The number of anilines is 1. The largest absolute Gasteiger partial charge is 0.508 e. The molecule has 3 heterocycles. The normalized spacial score (nSPS) is 23.3. The molecule has 1 fully saturated rings. The van der Waals surface area contributed by atoms with Gasteiger partial charge in [0.05, 0.1) is 12.9 Å². The SMILES string of the molecule is Cc1cc(O)cc(C)c1CNc1ncnc2c1ncn2[C@@H]1O[C@H](COP(=O)(O)O)[C@@H](O)[C@H]1O. The van der Waals surface area contributed by atoms with E-state index >= 15 is 0 Å². The molecule has 6 N–H and O–H groups in total. The van der Waals surface area contributed by atoms with Crippen molar-refractivity contribution in [1.29, 1.82) is 0 Å². The number of phenols is 1. The summed E-state index contributed by atoms with van der Waals surface area (Å²) in [5, 5.41) is 33.6. The minimum Gasteiger partial charge on any atom is -0.508 e. The Bertz CT molecular complexity index is 1190. The third-order valence-electron chi connectivity index (χ3n) is 5.49. The highest BCUT2D eigenvalue weighted by Gasteiger charge is 2.45. The third-order valence-corrected chi connectivity index (χ3v) is 5.98. The summed E-state index contributed by atoms with van der Waals surface area (Å²) < 4.78 is 22.3. The number of phenolic OH excluding ortho intramolecular Hbond substituents is 1. The molecule has 0 aliphatic carbocycles. The van der Waals surface area contributed by atoms with Crippen molar-refractivity contribution in [3.8, 4) is 5.75 Å². The number of fused-ring (bicyclic) bond motifs is 1. The molecule has 0 amide bonds. The van der Waals surface area contributed by atoms with Crippen LogP contribution in [0.25, 0.3) is 11.2 Å². The summed E-state index contributed by atoms with van der Waals surface area (Å²) in [6.07, 6.45) is -2.46. The van der Waals surface area contributed by atoms with Gasteiger partial charge in [0.15, 0.2) is 23.2 Å². The van der Waals surface area contributed by atoms with Crippen LogP contribution in [-0.4, -0.2) is 69.5 Å². The molecule has 178 valence electrons. The van der Waals surface area contributed by atoms with Crippen LogP contribution in [0.1, 0.15) is 22.9 Å². The number of aliphatic hydroxyl groups excluding tert-OH is 2. The zero-order valence-electron chi connectivity index (χ0n) is 17.7. The maximum absolute atomic E-state index is 10.9. The van der Waals surface area contributed by atoms with Crippen molar-refractivity contribution in [2.24, 2.45) is 0 Å². The van der Waals surface area contributed by atoms with Gasteiger partial charge < -0.3 is 35.2 Å². The fourth-order valence-electron chi connectivity index (χ4n) is 3.86. The first-order chi connectivity index (χ1) is 15.5. The van der Waals surface area contributed by atoms with Gasteiger partial charge >= 0.3 is 7.82 Å². The van der Waals surface area contributed by atoms with Crippen LogP contribution >= 0.6 is 7.82 Å². The van der Waals surface area contributed by atoms with E-state index < -0.39 is 39.0 Å². The van der Waals surface area contributed by atoms with Crippen LogP contribution < -0.4 is 5.32 Å². The van der Waals surface area contributed by atoms with Crippen LogP contribution in [0.2, 0.25) is 0 Å². The zero-order chi connectivity index (χ0) is 23.9. The minimum atomic E-state index is -4.77. The predicted octanol–water partition coefficient (Wildman–Crippen LogP) is 0.489. The van der Waals surface area contributed by atoms with Gasteiger partial charge in [0.25, 0.3) is 0 Å². The molecule has 0 spiro atoms. The standard InChI is InChI=1S/C19H24N5O8P/c1-9-3-11(25)4-10(2)12(9)5-20-17-14-18(22-7-21-17)24(8-23-14)19-16(27)15(26)13(32-19)6-31-33(28,29)30/h3-4,7-8,13,15-16,19,25-27H,5-6H2,1-2H3,(H,20,21,22)(H2,28,29,30)/t13-,15-,16-,19-/m1/s1. The van der Waals surface area contributed by atoms with Gasteiger partial charge in [-0.3, -0.25) is 9.09 Å². The van der Waals surface area contributed by atoms with Gasteiger partial charge in [-0.05, 0) is 42.7 Å². The average molecular weight is 481 g/mol. The monoisotopic (exact) mass is 481 g/mol. The van der Waals surface area contributed by atoms with Crippen LogP contribution in [0, 0.1) is 13.8 Å². The van der Waals surface area contributed by atoms with E-state index in [1.54, 1.807) is 12.1 Å². The molecule has 3 aromatic rings. The molecule has 0 saturated carbocycles. The summed E-state index contributed by atoms with van der Waals surface area (Å²) in [5.74, 6) is 0.624. The highest BCUT2D eigenvalue weighted by Crippen LogP contribution is 2.39. The maximum atomic E-state index is 10.9. The second-order valence-corrected chi connectivity index (χ2v) is 9.03. The number of nitrogens with zero attached hydrogens (tertiary/aromatic N) is 4. The number of hydrogen-bond acceptors (Lipinski definition) is 10. The number of aromatic hydroxyl groups is 1. The fraction of sp³-hybridized carbons (Fsp3) is 0.421. The summed E-state index contributed by atoms with van der Waals surface area (Å²) in [6, 6.07) is 3.34. The van der Waals surface area contributed by atoms with E-state index in [0.717, 1.165) is 16.7 Å². The second kappa shape index (κ2) is 8.95. The molecule has 4 rings (SSSR count). The summed E-state index contributed by atoms with van der Waals surface area (Å²) >= 11 is 0. The lowest BCUT2D eigenvalue weighted by atomic mass is 10.0. The van der Waals surface area contributed by atoms with E-state index in [-0.39, 0.29) is 5.75 Å². The Morgan fingerprint density at radius 3 is 2.52 bits per heavy atom. The van der Waals surface area contributed by atoms with Gasteiger partial charge in [-0.15, -0.1) is 0 Å². The molecule has 2 aromatic heterocycles. The number of phosphoric acid groups is 1. The Kier molecular flexibility index (Phi) is 6.38. The van der Waals surface area contributed by atoms with Crippen molar-refractivity contribution in [2.75, 3.05) is 11.9 Å². The maximum Gasteiger partial charge on any atom is 0.469 e. The Morgan fingerprint density at radius 1 is 1.15 bits per heavy atom. The van der Waals surface area contributed by atoms with E-state index in [4.69, 9.17) is 14.5 Å². The highest BCUT2D eigenvalue weighted by atomic mass is 31.2. The van der Waals surface area contributed by atoms with Crippen LogP contribution in [0.4, 0.5) is 5.82 Å². The van der Waals surface area contributed by atoms with E-state index in [1.807, 2.05) is 13.8 Å². The second-order valence-electron chi connectivity index (χ2n) is 7.79. The smallest absolute Gasteiger partial charge is 0.469 e. The van der Waals surface area contributed by atoms with Crippen molar-refractivity contribution in [3.05, 3.63) is 41.5 Å². The Hall–Kier alpha value is -2.64. The number of aryl methyl sites for hydroxylation is 2. The predicted molar refractivity (Wildman–Crippen MR) is 114 cm³/mol. The summed E-state index contributed by atoms with van der Waals surface area (Å²) in [5.41, 5.74) is 3.53. The number of phosphoric ester groups is 1. The van der Waals surface area contributed by atoms with Gasteiger partial charge in [0.1, 0.15) is 30.4 Å². The first kappa shape index (κ1) is 23.5. The molecule has 1 aliphatic heterocycles. The Labute approximate surface area is 187 Å². The van der Waals surface area contributed by atoms with E-state index in [0.29, 0.717) is 23.5 Å². The van der Waals surface area contributed by atoms with Gasteiger partial charge in [0, 0.05) is 6.54 Å². The Morgan fingerprint density at radius 2 is 1.85 bits per heavy atom. The molecule has 13 nitrogen and oxygen atoms in total. The molecular formula is C19H24N5O8P. The number of rotatable bonds is 7. The van der Waals surface area contributed by atoms with Gasteiger partial charge in [-0.2, -0.15) is 0 Å². The number of nitrogens with one attached hydrogen (secondary N) is 1.